The number of likely N-dealkylation sites (tertiary alicyclic amines) is 2. The molecule has 4 nitrogen and oxygen atoms in total. The maximum Gasteiger partial charge on any atom is 0.225 e. The zero-order valence-electron chi connectivity index (χ0n) is 13.2. The van der Waals surface area contributed by atoms with E-state index >= 15 is 0 Å². The first-order chi connectivity index (χ1) is 9.42. The highest BCUT2D eigenvalue weighted by molar-refractivity contribution is 5.79. The fraction of sp³-hybridized carbons (Fsp3) is 0.875. The van der Waals surface area contributed by atoms with Crippen LogP contribution in [0.15, 0.2) is 0 Å². The quantitative estimate of drug-likeness (QED) is 0.792. The van der Waals surface area contributed by atoms with Crippen LogP contribution in [0.5, 0.6) is 0 Å². The molecule has 0 aromatic heterocycles. The lowest BCUT2D eigenvalue weighted by atomic mass is 9.75. The van der Waals surface area contributed by atoms with E-state index < -0.39 is 0 Å². The number of amides is 1. The van der Waals surface area contributed by atoms with Crippen LogP contribution in [0.25, 0.3) is 0 Å². The molecule has 20 heavy (non-hydrogen) atoms. The molecule has 2 unspecified atom stereocenters. The highest BCUT2D eigenvalue weighted by Gasteiger charge is 2.58. The van der Waals surface area contributed by atoms with Gasteiger partial charge in [-0.05, 0) is 18.8 Å². The van der Waals surface area contributed by atoms with E-state index in [1.165, 1.54) is 0 Å². The van der Waals surface area contributed by atoms with Crippen molar-refractivity contribution in [3.8, 4) is 6.07 Å². The summed E-state index contributed by atoms with van der Waals surface area (Å²) in [4.78, 5) is 17.0. The monoisotopic (exact) mass is 277 g/mol. The Hall–Kier alpha value is -1.08. The van der Waals surface area contributed by atoms with Gasteiger partial charge in [0.1, 0.15) is 0 Å². The first kappa shape index (κ1) is 15.3. The Morgan fingerprint density at radius 1 is 1.40 bits per heavy atom. The molecule has 0 bridgehead atoms. The van der Waals surface area contributed by atoms with Gasteiger partial charge in [-0.25, -0.2) is 0 Å². The summed E-state index contributed by atoms with van der Waals surface area (Å²) in [6.07, 6.45) is 2.68. The fourth-order valence-electron chi connectivity index (χ4n) is 3.91. The van der Waals surface area contributed by atoms with Gasteiger partial charge < -0.3 is 4.90 Å². The van der Waals surface area contributed by atoms with Gasteiger partial charge in [-0.3, -0.25) is 9.69 Å². The summed E-state index contributed by atoms with van der Waals surface area (Å²) in [5.41, 5.74) is -0.0496. The lowest BCUT2D eigenvalue weighted by Crippen LogP contribution is -2.75. The summed E-state index contributed by atoms with van der Waals surface area (Å²) in [5.74, 6) is 0.908. The summed E-state index contributed by atoms with van der Waals surface area (Å²) in [6.45, 7) is 11.2. The van der Waals surface area contributed by atoms with Crippen LogP contribution in [0, 0.1) is 23.2 Å². The molecule has 0 aromatic rings. The van der Waals surface area contributed by atoms with Crippen molar-refractivity contribution in [2.75, 3.05) is 19.6 Å². The van der Waals surface area contributed by atoms with E-state index in [-0.39, 0.29) is 23.4 Å². The van der Waals surface area contributed by atoms with Gasteiger partial charge in [-0.2, -0.15) is 5.26 Å². The van der Waals surface area contributed by atoms with Gasteiger partial charge >= 0.3 is 0 Å². The average molecular weight is 277 g/mol. The molecule has 2 rings (SSSR count). The van der Waals surface area contributed by atoms with Gasteiger partial charge in [0.25, 0.3) is 0 Å². The first-order valence-corrected chi connectivity index (χ1v) is 7.85. The number of nitrogens with zero attached hydrogens (tertiary/aromatic N) is 3. The Morgan fingerprint density at radius 2 is 2.10 bits per heavy atom. The molecule has 0 aliphatic carbocycles. The molecule has 2 aliphatic rings. The number of carbonyl (C=O) groups excluding carboxylic acids is 1. The van der Waals surface area contributed by atoms with E-state index in [2.05, 4.69) is 29.7 Å². The van der Waals surface area contributed by atoms with Gasteiger partial charge in [0.2, 0.25) is 5.91 Å². The summed E-state index contributed by atoms with van der Waals surface area (Å²) in [7, 11) is 0. The van der Waals surface area contributed by atoms with Crippen LogP contribution < -0.4 is 0 Å². The van der Waals surface area contributed by atoms with Crippen LogP contribution in [0.1, 0.15) is 47.0 Å². The standard InChI is InChI=1S/C16H27N3O/c1-12(2)10-18-11-16(14(18)6-8-17)7-5-9-19(16)15(20)13(3)4/h12-14H,5-7,9-11H2,1-4H3. The number of hydrogen-bond donors (Lipinski definition) is 0. The molecule has 2 atom stereocenters. The summed E-state index contributed by atoms with van der Waals surface area (Å²) >= 11 is 0. The molecule has 2 saturated heterocycles. The molecule has 1 amide bonds. The van der Waals surface area contributed by atoms with Gasteiger partial charge in [0.15, 0.2) is 0 Å². The lowest BCUT2D eigenvalue weighted by Gasteiger charge is -2.59. The maximum absolute atomic E-state index is 12.5. The van der Waals surface area contributed by atoms with E-state index in [0.717, 1.165) is 32.5 Å². The highest BCUT2D eigenvalue weighted by Crippen LogP contribution is 2.45. The van der Waals surface area contributed by atoms with Crippen molar-refractivity contribution >= 4 is 5.91 Å². The Morgan fingerprint density at radius 3 is 2.65 bits per heavy atom. The number of rotatable bonds is 4. The zero-order valence-corrected chi connectivity index (χ0v) is 13.2. The van der Waals surface area contributed by atoms with Crippen LogP contribution in [0.3, 0.4) is 0 Å². The lowest BCUT2D eigenvalue weighted by molar-refractivity contribution is -0.154. The molecule has 0 radical (unpaired) electrons. The molecule has 0 N–H and O–H groups in total. The van der Waals surface area contributed by atoms with Gasteiger partial charge in [0.05, 0.1) is 18.0 Å². The van der Waals surface area contributed by atoms with Crippen LogP contribution in [0.2, 0.25) is 0 Å². The number of hydrogen-bond acceptors (Lipinski definition) is 3. The second kappa shape index (κ2) is 5.73. The van der Waals surface area contributed by atoms with Crippen molar-refractivity contribution in [1.82, 2.24) is 9.80 Å². The molecule has 2 heterocycles. The second-order valence-corrected chi connectivity index (χ2v) is 7.05. The van der Waals surface area contributed by atoms with E-state index in [1.54, 1.807) is 0 Å². The van der Waals surface area contributed by atoms with Crippen molar-refractivity contribution < 1.29 is 4.79 Å². The zero-order chi connectivity index (χ0) is 14.9. The van der Waals surface area contributed by atoms with Crippen LogP contribution in [0.4, 0.5) is 0 Å². The minimum absolute atomic E-state index is 0.0480. The van der Waals surface area contributed by atoms with Gasteiger partial charge in [-0.15, -0.1) is 0 Å². The first-order valence-electron chi connectivity index (χ1n) is 7.85. The van der Waals surface area contributed by atoms with E-state index in [4.69, 9.17) is 5.26 Å². The molecular weight excluding hydrogens is 250 g/mol. The summed E-state index contributed by atoms with van der Waals surface area (Å²) in [6, 6.07) is 2.57. The number of carbonyl (C=O) groups is 1. The van der Waals surface area contributed by atoms with Crippen molar-refractivity contribution in [3.63, 3.8) is 0 Å². The molecule has 1 spiro atoms. The number of nitriles is 1. The normalized spacial score (nSPS) is 30.1. The highest BCUT2D eigenvalue weighted by atomic mass is 16.2. The molecule has 0 saturated carbocycles. The molecule has 4 heteroatoms. The van der Waals surface area contributed by atoms with Crippen molar-refractivity contribution in [2.24, 2.45) is 11.8 Å². The average Bonchev–Trinajstić information content (AvgIpc) is 2.80. The minimum Gasteiger partial charge on any atom is -0.334 e. The van der Waals surface area contributed by atoms with Gasteiger partial charge in [-0.1, -0.05) is 27.7 Å². The summed E-state index contributed by atoms with van der Waals surface area (Å²) in [5, 5.41) is 9.15. The van der Waals surface area contributed by atoms with E-state index in [9.17, 15) is 4.79 Å². The minimum atomic E-state index is -0.0496. The molecule has 0 aromatic carbocycles. The third kappa shape index (κ3) is 2.44. The van der Waals surface area contributed by atoms with Crippen LogP contribution in [-0.4, -0.2) is 46.9 Å². The Bertz CT molecular complexity index is 412. The largest absolute Gasteiger partial charge is 0.334 e. The third-order valence-corrected chi connectivity index (χ3v) is 4.71. The molecular formula is C16H27N3O. The van der Waals surface area contributed by atoms with E-state index in [0.29, 0.717) is 12.3 Å². The fourth-order valence-corrected chi connectivity index (χ4v) is 3.91. The smallest absolute Gasteiger partial charge is 0.225 e. The predicted molar refractivity (Wildman–Crippen MR) is 78.9 cm³/mol. The van der Waals surface area contributed by atoms with Crippen LogP contribution in [-0.2, 0) is 4.79 Å². The predicted octanol–water partition coefficient (Wildman–Crippen LogP) is 2.26. The van der Waals surface area contributed by atoms with Crippen LogP contribution >= 0.6 is 0 Å². The molecule has 112 valence electrons. The SMILES string of the molecule is CC(C)CN1CC2(CCCN2C(=O)C(C)C)C1CC#N. The van der Waals surface area contributed by atoms with E-state index in [1.807, 2.05) is 13.8 Å². The Labute approximate surface area is 122 Å². The Kier molecular flexibility index (Phi) is 4.39. The van der Waals surface area contributed by atoms with Crippen molar-refractivity contribution in [3.05, 3.63) is 0 Å². The topological polar surface area (TPSA) is 47.3 Å². The third-order valence-electron chi connectivity index (χ3n) is 4.71. The second-order valence-electron chi connectivity index (χ2n) is 7.05. The van der Waals surface area contributed by atoms with Crippen molar-refractivity contribution in [1.29, 1.82) is 5.26 Å². The maximum atomic E-state index is 12.5. The summed E-state index contributed by atoms with van der Waals surface area (Å²) < 4.78 is 0. The van der Waals surface area contributed by atoms with Crippen molar-refractivity contribution in [2.45, 2.75) is 58.5 Å². The molecule has 2 aliphatic heterocycles. The van der Waals surface area contributed by atoms with Gasteiger partial charge in [0, 0.05) is 31.6 Å². The Balaban J connectivity index is 2.17. The molecule has 2 fully saturated rings.